The van der Waals surface area contributed by atoms with Gasteiger partial charge in [-0.2, -0.15) is 13.2 Å². The molecule has 0 unspecified atom stereocenters. The van der Waals surface area contributed by atoms with E-state index >= 15 is 0 Å². The molecule has 0 fully saturated rings. The molecular weight excluding hydrogens is 365 g/mol. The minimum Gasteiger partial charge on any atom is -0.325 e. The first-order valence-electron chi connectivity index (χ1n) is 8.89. The highest BCUT2D eigenvalue weighted by atomic mass is 19.4. The third kappa shape index (κ3) is 5.19. The zero-order valence-corrected chi connectivity index (χ0v) is 15.0. The van der Waals surface area contributed by atoms with Crippen LogP contribution in [0.1, 0.15) is 24.0 Å². The fraction of sp³-hybridized carbons (Fsp3) is 0.182. The average Bonchev–Trinajstić information content (AvgIpc) is 2.69. The molecule has 1 N–H and O–H groups in total. The van der Waals surface area contributed by atoms with Crippen molar-refractivity contribution in [3.8, 4) is 11.1 Å². The van der Waals surface area contributed by atoms with Gasteiger partial charge in [0.05, 0.1) is 17.4 Å². The first kappa shape index (κ1) is 19.6. The Labute approximate surface area is 161 Å². The van der Waals surface area contributed by atoms with Crippen LogP contribution in [0.3, 0.4) is 0 Å². The van der Waals surface area contributed by atoms with E-state index in [1.165, 1.54) is 12.1 Å². The van der Waals surface area contributed by atoms with Crippen LogP contribution in [0.15, 0.2) is 73.1 Å². The number of aryl methyl sites for hydroxylation is 1. The molecule has 144 valence electrons. The van der Waals surface area contributed by atoms with E-state index in [-0.39, 0.29) is 11.5 Å². The van der Waals surface area contributed by atoms with Crippen molar-refractivity contribution in [1.82, 2.24) is 4.98 Å². The molecule has 0 spiro atoms. The van der Waals surface area contributed by atoms with Crippen LogP contribution >= 0.6 is 0 Å². The number of alkyl halides is 3. The molecule has 0 aliphatic rings. The van der Waals surface area contributed by atoms with Crippen LogP contribution in [0, 0.1) is 0 Å². The van der Waals surface area contributed by atoms with E-state index in [1.54, 1.807) is 42.7 Å². The van der Waals surface area contributed by atoms with E-state index in [0.29, 0.717) is 30.5 Å². The van der Waals surface area contributed by atoms with Gasteiger partial charge in [0.2, 0.25) is 5.91 Å². The number of benzene rings is 2. The van der Waals surface area contributed by atoms with Crippen LogP contribution in [0.5, 0.6) is 0 Å². The van der Waals surface area contributed by atoms with E-state index in [9.17, 15) is 18.0 Å². The lowest BCUT2D eigenvalue weighted by atomic mass is 9.97. The Morgan fingerprint density at radius 3 is 2.39 bits per heavy atom. The minimum atomic E-state index is -4.39. The van der Waals surface area contributed by atoms with Crippen molar-refractivity contribution in [2.75, 3.05) is 5.32 Å². The Balaban J connectivity index is 1.58. The standard InChI is InChI=1S/C22H19F3N2O/c23-22(24,25)20-8-2-1-7-19(20)17-12-10-16(11-13-17)5-3-9-21(28)27-18-6-4-14-26-15-18/h1-2,4,6-8,10-15H,3,5,9H2,(H,27,28). The average molecular weight is 384 g/mol. The highest BCUT2D eigenvalue weighted by Crippen LogP contribution is 2.36. The van der Waals surface area contributed by atoms with Gasteiger partial charge in [0.15, 0.2) is 0 Å². The number of hydrogen-bond acceptors (Lipinski definition) is 2. The number of carbonyl (C=O) groups is 1. The first-order valence-corrected chi connectivity index (χ1v) is 8.89. The quantitative estimate of drug-likeness (QED) is 0.590. The van der Waals surface area contributed by atoms with Gasteiger partial charge >= 0.3 is 6.18 Å². The van der Waals surface area contributed by atoms with Crippen molar-refractivity contribution in [2.45, 2.75) is 25.4 Å². The summed E-state index contributed by atoms with van der Waals surface area (Å²) in [4.78, 5) is 15.9. The summed E-state index contributed by atoms with van der Waals surface area (Å²) < 4.78 is 39.5. The Hall–Kier alpha value is -3.15. The largest absolute Gasteiger partial charge is 0.417 e. The van der Waals surface area contributed by atoms with E-state index < -0.39 is 11.7 Å². The van der Waals surface area contributed by atoms with Crippen LogP contribution in [-0.4, -0.2) is 10.9 Å². The smallest absolute Gasteiger partial charge is 0.325 e. The van der Waals surface area contributed by atoms with Gasteiger partial charge in [0, 0.05) is 12.6 Å². The number of hydrogen-bond donors (Lipinski definition) is 1. The Morgan fingerprint density at radius 2 is 1.71 bits per heavy atom. The van der Waals surface area contributed by atoms with Crippen LogP contribution < -0.4 is 5.32 Å². The normalized spacial score (nSPS) is 11.2. The number of amides is 1. The highest BCUT2D eigenvalue weighted by Gasteiger charge is 2.33. The molecular formula is C22H19F3N2O. The zero-order valence-electron chi connectivity index (χ0n) is 15.0. The number of nitrogens with one attached hydrogen (secondary N) is 1. The third-order valence-corrected chi connectivity index (χ3v) is 4.31. The minimum absolute atomic E-state index is 0.0938. The fourth-order valence-electron chi connectivity index (χ4n) is 2.95. The van der Waals surface area contributed by atoms with Gasteiger partial charge < -0.3 is 5.32 Å². The predicted molar refractivity (Wildman–Crippen MR) is 103 cm³/mol. The summed E-state index contributed by atoms with van der Waals surface area (Å²) in [5.74, 6) is -0.0938. The lowest BCUT2D eigenvalue weighted by Gasteiger charge is -2.13. The van der Waals surface area contributed by atoms with Gasteiger partial charge in [0.25, 0.3) is 0 Å². The molecule has 0 aliphatic carbocycles. The monoisotopic (exact) mass is 384 g/mol. The second kappa shape index (κ2) is 8.69. The number of anilines is 1. The summed E-state index contributed by atoms with van der Waals surface area (Å²) in [5.41, 5.74) is 1.67. The maximum absolute atomic E-state index is 13.2. The van der Waals surface area contributed by atoms with Crippen molar-refractivity contribution in [3.63, 3.8) is 0 Å². The molecule has 1 amide bonds. The van der Waals surface area contributed by atoms with Crippen molar-refractivity contribution in [3.05, 3.63) is 84.2 Å². The van der Waals surface area contributed by atoms with E-state index in [0.717, 1.165) is 11.6 Å². The number of halogens is 3. The van der Waals surface area contributed by atoms with E-state index in [1.807, 2.05) is 12.1 Å². The Kier molecular flexibility index (Phi) is 6.09. The second-order valence-corrected chi connectivity index (χ2v) is 6.38. The number of nitrogens with zero attached hydrogens (tertiary/aromatic N) is 1. The maximum atomic E-state index is 13.2. The molecule has 0 saturated carbocycles. The summed E-state index contributed by atoms with van der Waals surface area (Å²) in [7, 11) is 0. The maximum Gasteiger partial charge on any atom is 0.417 e. The second-order valence-electron chi connectivity index (χ2n) is 6.38. The summed E-state index contributed by atoms with van der Waals surface area (Å²) in [6.07, 6.45) is 0.485. The van der Waals surface area contributed by atoms with Crippen LogP contribution in [0.25, 0.3) is 11.1 Å². The molecule has 0 aliphatic heterocycles. The number of carbonyl (C=O) groups excluding carboxylic acids is 1. The van der Waals surface area contributed by atoms with Crippen LogP contribution in [0.2, 0.25) is 0 Å². The van der Waals surface area contributed by atoms with E-state index in [4.69, 9.17) is 0 Å². The molecule has 0 radical (unpaired) electrons. The SMILES string of the molecule is O=C(CCCc1ccc(-c2ccccc2C(F)(F)F)cc1)Nc1cccnc1. The van der Waals surface area contributed by atoms with Gasteiger partial charge in [-0.25, -0.2) is 0 Å². The molecule has 2 aromatic carbocycles. The molecule has 0 saturated heterocycles. The lowest BCUT2D eigenvalue weighted by Crippen LogP contribution is -2.11. The van der Waals surface area contributed by atoms with Crippen molar-refractivity contribution >= 4 is 11.6 Å². The molecule has 3 nitrogen and oxygen atoms in total. The molecule has 0 bridgehead atoms. The third-order valence-electron chi connectivity index (χ3n) is 4.31. The van der Waals surface area contributed by atoms with Gasteiger partial charge in [-0.15, -0.1) is 0 Å². The summed E-state index contributed by atoms with van der Waals surface area (Å²) in [6.45, 7) is 0. The Morgan fingerprint density at radius 1 is 0.964 bits per heavy atom. The summed E-state index contributed by atoms with van der Waals surface area (Å²) in [6, 6.07) is 16.0. The summed E-state index contributed by atoms with van der Waals surface area (Å²) in [5, 5.41) is 2.77. The van der Waals surface area contributed by atoms with Gasteiger partial charge in [0.1, 0.15) is 0 Å². The summed E-state index contributed by atoms with van der Waals surface area (Å²) >= 11 is 0. The highest BCUT2D eigenvalue weighted by molar-refractivity contribution is 5.90. The van der Waals surface area contributed by atoms with Gasteiger partial charge in [-0.1, -0.05) is 42.5 Å². The zero-order chi connectivity index (χ0) is 20.0. The van der Waals surface area contributed by atoms with Gasteiger partial charge in [-0.3, -0.25) is 9.78 Å². The molecule has 28 heavy (non-hydrogen) atoms. The van der Waals surface area contributed by atoms with Crippen molar-refractivity contribution < 1.29 is 18.0 Å². The number of aromatic nitrogens is 1. The molecule has 6 heteroatoms. The molecule has 3 aromatic rings. The fourth-order valence-corrected chi connectivity index (χ4v) is 2.95. The van der Waals surface area contributed by atoms with Crippen molar-refractivity contribution in [1.29, 1.82) is 0 Å². The topological polar surface area (TPSA) is 42.0 Å². The Bertz CT molecular complexity index is 923. The predicted octanol–water partition coefficient (Wildman–Crippen LogP) is 5.73. The number of rotatable bonds is 6. The molecule has 0 atom stereocenters. The molecule has 3 rings (SSSR count). The van der Waals surface area contributed by atoms with Gasteiger partial charge in [-0.05, 0) is 47.7 Å². The number of pyridine rings is 1. The van der Waals surface area contributed by atoms with Crippen LogP contribution in [-0.2, 0) is 17.4 Å². The lowest BCUT2D eigenvalue weighted by molar-refractivity contribution is -0.137. The van der Waals surface area contributed by atoms with Crippen LogP contribution in [0.4, 0.5) is 18.9 Å². The molecule has 1 heterocycles. The van der Waals surface area contributed by atoms with E-state index in [2.05, 4.69) is 10.3 Å². The first-order chi connectivity index (χ1) is 13.4. The van der Waals surface area contributed by atoms with Crippen molar-refractivity contribution in [2.24, 2.45) is 0 Å². The molecule has 1 aromatic heterocycles.